The fourth-order valence-corrected chi connectivity index (χ4v) is 5.47. The van der Waals surface area contributed by atoms with E-state index in [1.165, 1.54) is 11.8 Å². The molecule has 1 saturated heterocycles. The monoisotopic (exact) mass is 564 g/mol. The minimum Gasteiger partial charge on any atom is -0.507 e. The number of anilines is 1. The van der Waals surface area contributed by atoms with Crippen molar-refractivity contribution >= 4 is 39.7 Å². The van der Waals surface area contributed by atoms with Gasteiger partial charge in [0.2, 0.25) is 0 Å². The van der Waals surface area contributed by atoms with Crippen molar-refractivity contribution in [1.29, 1.82) is 0 Å². The SMILES string of the molecule is CCCOc1ccc(/C(O)=C2\C(=O)C(=O)N(c3nc(C)c(C(C)=O)s3)C2c2ccc(OCC)c(OCC)c2)cc1. The molecule has 1 N–H and O–H groups in total. The van der Waals surface area contributed by atoms with Gasteiger partial charge in [-0.3, -0.25) is 19.3 Å². The van der Waals surface area contributed by atoms with Gasteiger partial charge in [0, 0.05) is 12.5 Å². The fraction of sp³-hybridized carbons (Fsp3) is 0.333. The number of rotatable bonds is 11. The molecule has 0 spiro atoms. The predicted molar refractivity (Wildman–Crippen MR) is 153 cm³/mol. The number of carbonyl (C=O) groups is 3. The lowest BCUT2D eigenvalue weighted by atomic mass is 9.95. The molecule has 10 heteroatoms. The Bertz CT molecular complexity index is 1460. The number of aliphatic hydroxyl groups excluding tert-OH is 1. The first kappa shape index (κ1) is 28.8. The second-order valence-electron chi connectivity index (χ2n) is 9.08. The van der Waals surface area contributed by atoms with Gasteiger partial charge in [-0.25, -0.2) is 4.98 Å². The normalized spacial score (nSPS) is 16.3. The Labute approximate surface area is 237 Å². The molecule has 210 valence electrons. The maximum Gasteiger partial charge on any atom is 0.301 e. The molecule has 0 radical (unpaired) electrons. The lowest BCUT2D eigenvalue weighted by Crippen LogP contribution is -2.29. The van der Waals surface area contributed by atoms with Crippen LogP contribution in [-0.2, 0) is 9.59 Å². The number of benzene rings is 2. The molecular weight excluding hydrogens is 532 g/mol. The van der Waals surface area contributed by atoms with Crippen LogP contribution in [0.1, 0.15) is 66.7 Å². The lowest BCUT2D eigenvalue weighted by molar-refractivity contribution is -0.132. The molecule has 0 saturated carbocycles. The van der Waals surface area contributed by atoms with Crippen LogP contribution < -0.4 is 19.1 Å². The summed E-state index contributed by atoms with van der Waals surface area (Å²) >= 11 is 1.03. The van der Waals surface area contributed by atoms with Gasteiger partial charge in [0.05, 0.1) is 42.0 Å². The van der Waals surface area contributed by atoms with Crippen molar-refractivity contribution in [2.24, 2.45) is 0 Å². The second kappa shape index (κ2) is 12.3. The average Bonchev–Trinajstić information content (AvgIpc) is 3.45. The van der Waals surface area contributed by atoms with Gasteiger partial charge < -0.3 is 19.3 Å². The number of aromatic nitrogens is 1. The van der Waals surface area contributed by atoms with E-state index in [0.29, 0.717) is 58.8 Å². The molecule has 1 atom stereocenters. The van der Waals surface area contributed by atoms with E-state index in [0.717, 1.165) is 17.8 Å². The Hall–Kier alpha value is -4.18. The number of thiazole rings is 1. The summed E-state index contributed by atoms with van der Waals surface area (Å²) in [7, 11) is 0. The van der Waals surface area contributed by atoms with Crippen LogP contribution in [0.3, 0.4) is 0 Å². The first-order valence-electron chi connectivity index (χ1n) is 13.1. The molecule has 1 amide bonds. The topological polar surface area (TPSA) is 115 Å². The molecule has 0 bridgehead atoms. The third-order valence-corrected chi connectivity index (χ3v) is 7.50. The highest BCUT2D eigenvalue weighted by atomic mass is 32.1. The Morgan fingerprint density at radius 3 is 2.27 bits per heavy atom. The third kappa shape index (κ3) is 5.58. The molecule has 1 aliphatic rings. The maximum atomic E-state index is 13.5. The van der Waals surface area contributed by atoms with Crippen LogP contribution in [0.25, 0.3) is 5.76 Å². The van der Waals surface area contributed by atoms with E-state index in [1.807, 2.05) is 20.8 Å². The van der Waals surface area contributed by atoms with Crippen molar-refractivity contribution in [3.63, 3.8) is 0 Å². The molecule has 3 aromatic rings. The van der Waals surface area contributed by atoms with Crippen molar-refractivity contribution in [3.05, 3.63) is 69.7 Å². The van der Waals surface area contributed by atoms with Gasteiger partial charge in [-0.2, -0.15) is 0 Å². The van der Waals surface area contributed by atoms with Crippen LogP contribution in [0.5, 0.6) is 17.2 Å². The van der Waals surface area contributed by atoms with E-state index in [1.54, 1.807) is 49.4 Å². The van der Waals surface area contributed by atoms with Gasteiger partial charge in [-0.15, -0.1) is 0 Å². The van der Waals surface area contributed by atoms with Crippen LogP contribution in [0.4, 0.5) is 5.13 Å². The van der Waals surface area contributed by atoms with Crippen molar-refractivity contribution in [2.75, 3.05) is 24.7 Å². The summed E-state index contributed by atoms with van der Waals surface area (Å²) in [6, 6.07) is 10.8. The number of Topliss-reactive ketones (excluding diaryl/α,β-unsaturated/α-hetero) is 2. The zero-order valence-corrected chi connectivity index (χ0v) is 24.0. The Morgan fingerprint density at radius 2 is 1.68 bits per heavy atom. The van der Waals surface area contributed by atoms with Crippen molar-refractivity contribution in [1.82, 2.24) is 4.98 Å². The van der Waals surface area contributed by atoms with Crippen LogP contribution >= 0.6 is 11.3 Å². The zero-order chi connectivity index (χ0) is 29.0. The molecule has 4 rings (SSSR count). The molecule has 1 unspecified atom stereocenters. The van der Waals surface area contributed by atoms with Crippen molar-refractivity contribution < 1.29 is 33.7 Å². The number of aryl methyl sites for hydroxylation is 1. The predicted octanol–water partition coefficient (Wildman–Crippen LogP) is 5.87. The molecular formula is C30H32N2O7S. The summed E-state index contributed by atoms with van der Waals surface area (Å²) in [6.07, 6.45) is 0.846. The number of nitrogens with zero attached hydrogens (tertiary/aromatic N) is 2. The van der Waals surface area contributed by atoms with Crippen LogP contribution in [-0.4, -0.2) is 47.4 Å². The third-order valence-electron chi connectivity index (χ3n) is 6.24. The molecule has 1 aromatic heterocycles. The summed E-state index contributed by atoms with van der Waals surface area (Å²) in [4.78, 5) is 45.3. The standard InChI is InChI=1S/C30H32N2O7S/c1-6-15-39-21-12-9-19(10-13-21)26(34)24-25(20-11-14-22(37-7-2)23(16-20)38-8-3)32(29(36)27(24)35)30-31-17(4)28(40-30)18(5)33/h9-14,16,25,34H,6-8,15H2,1-5H3/b26-24+. The second-order valence-corrected chi connectivity index (χ2v) is 10.1. The van der Waals surface area contributed by atoms with Gasteiger partial charge >= 0.3 is 5.91 Å². The quantitative estimate of drug-likeness (QED) is 0.133. The van der Waals surface area contributed by atoms with Crippen LogP contribution in [0.2, 0.25) is 0 Å². The highest BCUT2D eigenvalue weighted by molar-refractivity contribution is 7.18. The first-order valence-corrected chi connectivity index (χ1v) is 13.9. The van der Waals surface area contributed by atoms with Gasteiger partial charge in [-0.05, 0) is 69.2 Å². The summed E-state index contributed by atoms with van der Waals surface area (Å²) in [6.45, 7) is 10.1. The summed E-state index contributed by atoms with van der Waals surface area (Å²) in [5.74, 6) is -0.679. The van der Waals surface area contributed by atoms with Crippen LogP contribution in [0.15, 0.2) is 48.0 Å². The molecule has 2 heterocycles. The number of carbonyl (C=O) groups excluding carboxylic acids is 3. The van der Waals surface area contributed by atoms with E-state index in [9.17, 15) is 19.5 Å². The molecule has 2 aromatic carbocycles. The highest BCUT2D eigenvalue weighted by Gasteiger charge is 2.48. The lowest BCUT2D eigenvalue weighted by Gasteiger charge is -2.24. The van der Waals surface area contributed by atoms with E-state index < -0.39 is 17.7 Å². The summed E-state index contributed by atoms with van der Waals surface area (Å²) < 4.78 is 17.1. The Balaban J connectivity index is 1.91. The van der Waals surface area contributed by atoms with E-state index in [4.69, 9.17) is 14.2 Å². The average molecular weight is 565 g/mol. The minimum absolute atomic E-state index is 0.101. The van der Waals surface area contributed by atoms with Crippen molar-refractivity contribution in [3.8, 4) is 17.2 Å². The number of hydrogen-bond acceptors (Lipinski definition) is 9. The van der Waals surface area contributed by atoms with Crippen LogP contribution in [0, 0.1) is 6.92 Å². The van der Waals surface area contributed by atoms with Gasteiger partial charge in [0.25, 0.3) is 5.78 Å². The molecule has 40 heavy (non-hydrogen) atoms. The zero-order valence-electron chi connectivity index (χ0n) is 23.1. The highest BCUT2D eigenvalue weighted by Crippen LogP contribution is 2.45. The Kier molecular flexibility index (Phi) is 8.89. The summed E-state index contributed by atoms with van der Waals surface area (Å²) in [5, 5.41) is 11.6. The number of hydrogen-bond donors (Lipinski definition) is 1. The number of ether oxygens (including phenoxy) is 3. The largest absolute Gasteiger partial charge is 0.507 e. The maximum absolute atomic E-state index is 13.5. The fourth-order valence-electron chi connectivity index (χ4n) is 4.48. The number of ketones is 2. The van der Waals surface area contributed by atoms with Crippen molar-refractivity contribution in [2.45, 2.75) is 47.1 Å². The molecule has 9 nitrogen and oxygen atoms in total. The molecule has 1 fully saturated rings. The first-order chi connectivity index (χ1) is 19.2. The molecule has 0 aliphatic carbocycles. The van der Waals surface area contributed by atoms with Gasteiger partial charge in [0.1, 0.15) is 11.5 Å². The van der Waals surface area contributed by atoms with E-state index in [2.05, 4.69) is 4.98 Å². The smallest absolute Gasteiger partial charge is 0.301 e. The van der Waals surface area contributed by atoms with E-state index >= 15 is 0 Å². The van der Waals surface area contributed by atoms with Gasteiger partial charge in [0.15, 0.2) is 22.4 Å². The minimum atomic E-state index is -1.03. The number of amides is 1. The summed E-state index contributed by atoms with van der Waals surface area (Å²) in [5.41, 5.74) is 1.21. The molecule has 1 aliphatic heterocycles. The van der Waals surface area contributed by atoms with Gasteiger partial charge in [-0.1, -0.05) is 24.3 Å². The Morgan fingerprint density at radius 1 is 1.00 bits per heavy atom. The van der Waals surface area contributed by atoms with E-state index in [-0.39, 0.29) is 22.2 Å². The number of aliphatic hydroxyl groups is 1.